The van der Waals surface area contributed by atoms with Gasteiger partial charge >= 0.3 is 0 Å². The van der Waals surface area contributed by atoms with Crippen molar-refractivity contribution in [1.82, 2.24) is 20.2 Å². The third-order valence-electron chi connectivity index (χ3n) is 4.32. The van der Waals surface area contributed by atoms with Gasteiger partial charge in [0, 0.05) is 10.7 Å². The van der Waals surface area contributed by atoms with Crippen molar-refractivity contribution in [3.05, 3.63) is 89.4 Å². The van der Waals surface area contributed by atoms with Crippen molar-refractivity contribution in [3.8, 4) is 5.69 Å². The molecule has 0 bridgehead atoms. The maximum absolute atomic E-state index is 12.7. The highest BCUT2D eigenvalue weighted by atomic mass is 35.5. The lowest BCUT2D eigenvalue weighted by Gasteiger charge is -2.11. The van der Waals surface area contributed by atoms with Crippen molar-refractivity contribution in [2.24, 2.45) is 0 Å². The summed E-state index contributed by atoms with van der Waals surface area (Å²) in [5.74, 6) is -0.546. The third-order valence-corrected chi connectivity index (χ3v) is 5.49. The first kappa shape index (κ1) is 21.5. The van der Waals surface area contributed by atoms with Crippen LogP contribution in [-0.4, -0.2) is 37.8 Å². The quantitative estimate of drug-likeness (QED) is 0.395. The van der Waals surface area contributed by atoms with Crippen LogP contribution in [0.4, 0.5) is 11.4 Å². The summed E-state index contributed by atoms with van der Waals surface area (Å²) in [5, 5.41) is 18.3. The van der Waals surface area contributed by atoms with Gasteiger partial charge in [0.25, 0.3) is 5.91 Å². The molecule has 2 N–H and O–H groups in total. The van der Waals surface area contributed by atoms with Gasteiger partial charge < -0.3 is 10.6 Å². The van der Waals surface area contributed by atoms with E-state index < -0.39 is 0 Å². The van der Waals surface area contributed by atoms with E-state index in [4.69, 9.17) is 11.6 Å². The number of hydrogen-bond donors (Lipinski definition) is 2. The Hall–Kier alpha value is -3.69. The number of nitrogens with one attached hydrogen (secondary N) is 2. The number of benzene rings is 3. The summed E-state index contributed by atoms with van der Waals surface area (Å²) in [6.07, 6.45) is 0. The topological polar surface area (TPSA) is 102 Å². The first-order valence-electron chi connectivity index (χ1n) is 9.52. The van der Waals surface area contributed by atoms with Gasteiger partial charge in [-0.2, -0.15) is 4.68 Å². The summed E-state index contributed by atoms with van der Waals surface area (Å²) in [7, 11) is 0. The Balaban J connectivity index is 1.41. The van der Waals surface area contributed by atoms with E-state index in [0.717, 1.165) is 5.69 Å². The molecule has 0 spiro atoms. The Morgan fingerprint density at radius 1 is 0.906 bits per heavy atom. The molecule has 0 radical (unpaired) electrons. The molecule has 0 aliphatic carbocycles. The molecular formula is C22H17ClN6O2S. The lowest BCUT2D eigenvalue weighted by atomic mass is 10.1. The number of rotatable bonds is 7. The van der Waals surface area contributed by atoms with Gasteiger partial charge in [0.2, 0.25) is 11.1 Å². The molecular weight excluding hydrogens is 448 g/mol. The Morgan fingerprint density at radius 2 is 1.62 bits per heavy atom. The highest BCUT2D eigenvalue weighted by molar-refractivity contribution is 7.99. The van der Waals surface area contributed by atoms with E-state index in [1.54, 1.807) is 60.7 Å². The summed E-state index contributed by atoms with van der Waals surface area (Å²) in [6, 6.07) is 23.0. The normalized spacial score (nSPS) is 10.5. The average Bonchev–Trinajstić information content (AvgIpc) is 3.28. The van der Waals surface area contributed by atoms with Crippen LogP contribution in [0.5, 0.6) is 0 Å². The fourth-order valence-corrected chi connectivity index (χ4v) is 3.66. The number of aromatic nitrogens is 4. The Morgan fingerprint density at radius 3 is 2.41 bits per heavy atom. The summed E-state index contributed by atoms with van der Waals surface area (Å²) in [4.78, 5) is 25.3. The molecule has 0 atom stereocenters. The van der Waals surface area contributed by atoms with E-state index in [-0.39, 0.29) is 17.6 Å². The number of halogens is 1. The van der Waals surface area contributed by atoms with Crippen molar-refractivity contribution in [3.63, 3.8) is 0 Å². The molecule has 0 saturated heterocycles. The van der Waals surface area contributed by atoms with Gasteiger partial charge in [-0.1, -0.05) is 53.7 Å². The molecule has 0 fully saturated rings. The fraction of sp³-hybridized carbons (Fsp3) is 0.0455. The fourth-order valence-electron chi connectivity index (χ4n) is 2.84. The van der Waals surface area contributed by atoms with Crippen molar-refractivity contribution in [1.29, 1.82) is 0 Å². The molecule has 4 aromatic rings. The van der Waals surface area contributed by atoms with Crippen LogP contribution >= 0.6 is 23.4 Å². The minimum atomic E-state index is -0.313. The van der Waals surface area contributed by atoms with Crippen LogP contribution in [0.1, 0.15) is 10.4 Å². The van der Waals surface area contributed by atoms with E-state index in [1.165, 1.54) is 16.4 Å². The van der Waals surface area contributed by atoms with Crippen LogP contribution in [0.2, 0.25) is 5.02 Å². The maximum Gasteiger partial charge on any atom is 0.257 e. The third kappa shape index (κ3) is 5.32. The van der Waals surface area contributed by atoms with Gasteiger partial charge in [-0.05, 0) is 59.0 Å². The number of carbonyl (C=O) groups excluding carboxylic acids is 2. The molecule has 160 valence electrons. The molecule has 4 rings (SSSR count). The lowest BCUT2D eigenvalue weighted by molar-refractivity contribution is -0.113. The molecule has 0 aliphatic heterocycles. The Bertz CT molecular complexity index is 1230. The number of hydrogen-bond acceptors (Lipinski definition) is 6. The predicted molar refractivity (Wildman–Crippen MR) is 124 cm³/mol. The monoisotopic (exact) mass is 464 g/mol. The second kappa shape index (κ2) is 10.1. The molecule has 10 heteroatoms. The van der Waals surface area contributed by atoms with Crippen LogP contribution in [0.3, 0.4) is 0 Å². The average molecular weight is 465 g/mol. The van der Waals surface area contributed by atoms with Crippen molar-refractivity contribution < 1.29 is 9.59 Å². The predicted octanol–water partition coefficient (Wildman–Crippen LogP) is 4.30. The molecule has 0 aliphatic rings. The summed E-state index contributed by atoms with van der Waals surface area (Å²) in [5.41, 5.74) is 2.18. The van der Waals surface area contributed by atoms with E-state index in [2.05, 4.69) is 26.2 Å². The number of amides is 2. The molecule has 8 nitrogen and oxygen atoms in total. The van der Waals surface area contributed by atoms with Crippen LogP contribution < -0.4 is 10.6 Å². The zero-order chi connectivity index (χ0) is 22.3. The van der Waals surface area contributed by atoms with Crippen molar-refractivity contribution in [2.45, 2.75) is 5.16 Å². The smallest absolute Gasteiger partial charge is 0.257 e. The zero-order valence-corrected chi connectivity index (χ0v) is 18.2. The van der Waals surface area contributed by atoms with Gasteiger partial charge in [-0.15, -0.1) is 5.10 Å². The highest BCUT2D eigenvalue weighted by Crippen LogP contribution is 2.21. The lowest BCUT2D eigenvalue weighted by Crippen LogP contribution is -2.19. The van der Waals surface area contributed by atoms with E-state index in [1.807, 2.05) is 18.2 Å². The highest BCUT2D eigenvalue weighted by Gasteiger charge is 2.15. The minimum Gasteiger partial charge on any atom is -0.325 e. The van der Waals surface area contributed by atoms with Crippen LogP contribution in [0, 0.1) is 0 Å². The van der Waals surface area contributed by atoms with E-state index in [0.29, 0.717) is 27.1 Å². The standard InChI is InChI=1S/C22H17ClN6O2S/c23-15-10-12-17(13-11-15)29-22(26-27-28-29)32-14-20(30)25-19-9-5-4-8-18(19)21(31)24-16-6-2-1-3-7-16/h1-13H,14H2,(H,24,31)(H,25,30). The number of nitrogens with zero attached hydrogens (tertiary/aromatic N) is 4. The second-order valence-corrected chi connectivity index (χ2v) is 7.93. The van der Waals surface area contributed by atoms with Crippen LogP contribution in [-0.2, 0) is 4.79 Å². The van der Waals surface area contributed by atoms with Crippen molar-refractivity contribution in [2.75, 3.05) is 16.4 Å². The van der Waals surface area contributed by atoms with Crippen LogP contribution in [0.25, 0.3) is 5.69 Å². The maximum atomic E-state index is 12.7. The molecule has 0 saturated carbocycles. The minimum absolute atomic E-state index is 0.0581. The summed E-state index contributed by atoms with van der Waals surface area (Å²) in [6.45, 7) is 0. The number of thioether (sulfide) groups is 1. The van der Waals surface area contributed by atoms with Gasteiger partial charge in [0.1, 0.15) is 0 Å². The number of tetrazole rings is 1. The molecule has 1 aromatic heterocycles. The largest absolute Gasteiger partial charge is 0.325 e. The first-order valence-corrected chi connectivity index (χ1v) is 10.9. The number of anilines is 2. The number of para-hydroxylation sites is 2. The van der Waals surface area contributed by atoms with Gasteiger partial charge in [0.05, 0.1) is 22.7 Å². The molecule has 0 unspecified atom stereocenters. The van der Waals surface area contributed by atoms with E-state index >= 15 is 0 Å². The van der Waals surface area contributed by atoms with Gasteiger partial charge in [-0.3, -0.25) is 9.59 Å². The van der Waals surface area contributed by atoms with Gasteiger partial charge in [-0.25, -0.2) is 0 Å². The molecule has 32 heavy (non-hydrogen) atoms. The summed E-state index contributed by atoms with van der Waals surface area (Å²) < 4.78 is 1.52. The number of carbonyl (C=O) groups is 2. The van der Waals surface area contributed by atoms with Crippen LogP contribution in [0.15, 0.2) is 84.0 Å². The molecule has 1 heterocycles. The molecule has 2 amide bonds. The Kier molecular flexibility index (Phi) is 6.78. The first-order chi connectivity index (χ1) is 15.6. The zero-order valence-electron chi connectivity index (χ0n) is 16.6. The molecule has 3 aromatic carbocycles. The Labute approximate surface area is 193 Å². The van der Waals surface area contributed by atoms with Crippen molar-refractivity contribution >= 4 is 46.6 Å². The summed E-state index contributed by atoms with van der Waals surface area (Å²) >= 11 is 7.10. The second-order valence-electron chi connectivity index (χ2n) is 6.55. The van der Waals surface area contributed by atoms with Gasteiger partial charge in [0.15, 0.2) is 0 Å². The SMILES string of the molecule is O=C(CSc1nnnn1-c1ccc(Cl)cc1)Nc1ccccc1C(=O)Nc1ccccc1. The van der Waals surface area contributed by atoms with E-state index in [9.17, 15) is 9.59 Å².